The van der Waals surface area contributed by atoms with Gasteiger partial charge < -0.3 is 8.98 Å². The van der Waals surface area contributed by atoms with Gasteiger partial charge in [-0.05, 0) is 107 Å². The van der Waals surface area contributed by atoms with Crippen LogP contribution in [-0.4, -0.2) is 19.5 Å². The van der Waals surface area contributed by atoms with Crippen molar-refractivity contribution in [2.75, 3.05) is 0 Å². The van der Waals surface area contributed by atoms with Crippen LogP contribution in [-0.2, 0) is 6.42 Å². The Morgan fingerprint density at radius 3 is 1.64 bits per heavy atom. The van der Waals surface area contributed by atoms with E-state index in [2.05, 4.69) is 137 Å². The molecule has 0 aliphatic heterocycles. The molecule has 5 heteroatoms. The second-order valence-electron chi connectivity index (χ2n) is 14.3. The zero-order chi connectivity index (χ0) is 37.0. The summed E-state index contributed by atoms with van der Waals surface area (Å²) in [6.45, 7) is 0. The standard InChI is InChI=1S/C51H34N4O/c1-3-13-40(46-15-5-7-26-53-46)38(11-1)34-17-21-48-42(29-34)43-30-35(39-12-2-4-14-41(39)47-16-6-8-27-54-47)18-22-49(43)55(48)37-20-24-51-45(31-37)44-28-33(19-23-50(44)56-51)36-10-9-25-52-32-36/h1-19,21-23,25-32H,20,24H2. The molecule has 11 rings (SSSR count). The first-order valence-corrected chi connectivity index (χ1v) is 19.0. The van der Waals surface area contributed by atoms with E-state index >= 15 is 0 Å². The van der Waals surface area contributed by atoms with Gasteiger partial charge in [0.2, 0.25) is 0 Å². The molecule has 0 fully saturated rings. The molecular weight excluding hydrogens is 685 g/mol. The van der Waals surface area contributed by atoms with Crippen molar-refractivity contribution in [2.45, 2.75) is 12.8 Å². The molecule has 0 amide bonds. The Hall–Kier alpha value is -7.37. The summed E-state index contributed by atoms with van der Waals surface area (Å²) in [5.41, 5.74) is 16.6. The normalized spacial score (nSPS) is 12.6. The highest BCUT2D eigenvalue weighted by molar-refractivity contribution is 6.14. The number of aryl methyl sites for hydroxylation is 1. The SMILES string of the molecule is C1=C(n2c3ccc(-c4ccccc4-c4ccccn4)cc3c3cc(-c4ccccc4-c4ccccn4)ccc32)CCc2oc3ccc(-c4cccnc4)cc3c21. The van der Waals surface area contributed by atoms with E-state index in [9.17, 15) is 0 Å². The summed E-state index contributed by atoms with van der Waals surface area (Å²) >= 11 is 0. The summed E-state index contributed by atoms with van der Waals surface area (Å²) in [6.07, 6.45) is 11.5. The number of allylic oxidation sites excluding steroid dienone is 1. The summed E-state index contributed by atoms with van der Waals surface area (Å²) in [6, 6.07) is 53.7. The maximum Gasteiger partial charge on any atom is 0.134 e. The van der Waals surface area contributed by atoms with Crippen molar-refractivity contribution in [1.29, 1.82) is 0 Å². The number of pyridine rings is 3. The maximum atomic E-state index is 6.47. The Morgan fingerprint density at radius 2 is 1.05 bits per heavy atom. The average Bonchev–Trinajstić information content (AvgIpc) is 3.81. The van der Waals surface area contributed by atoms with Crippen LogP contribution in [0.1, 0.15) is 17.7 Å². The molecule has 0 bridgehead atoms. The van der Waals surface area contributed by atoms with Crippen LogP contribution in [0.2, 0.25) is 0 Å². The topological polar surface area (TPSA) is 56.7 Å². The van der Waals surface area contributed by atoms with Crippen molar-refractivity contribution in [3.05, 3.63) is 188 Å². The molecule has 0 unspecified atom stereocenters. The lowest BCUT2D eigenvalue weighted by atomic mass is 9.94. The third-order valence-electron chi connectivity index (χ3n) is 11.1. The van der Waals surface area contributed by atoms with E-state index in [-0.39, 0.29) is 0 Å². The second-order valence-corrected chi connectivity index (χ2v) is 14.3. The Kier molecular flexibility index (Phi) is 7.56. The van der Waals surface area contributed by atoms with E-state index in [1.54, 1.807) is 0 Å². The third-order valence-corrected chi connectivity index (χ3v) is 11.1. The Bertz CT molecular complexity index is 2980. The van der Waals surface area contributed by atoms with Crippen molar-refractivity contribution in [3.63, 3.8) is 0 Å². The van der Waals surface area contributed by atoms with Gasteiger partial charge in [0.25, 0.3) is 0 Å². The monoisotopic (exact) mass is 718 g/mol. The minimum atomic E-state index is 0.824. The van der Waals surface area contributed by atoms with Crippen LogP contribution in [0.4, 0.5) is 0 Å². The maximum absolute atomic E-state index is 6.47. The van der Waals surface area contributed by atoms with Crippen LogP contribution in [0.15, 0.2) is 181 Å². The number of furan rings is 1. The Labute approximate surface area is 323 Å². The highest BCUT2D eigenvalue weighted by Crippen LogP contribution is 2.43. The van der Waals surface area contributed by atoms with Gasteiger partial charge >= 0.3 is 0 Å². The van der Waals surface area contributed by atoms with Crippen molar-refractivity contribution in [1.82, 2.24) is 19.5 Å². The van der Waals surface area contributed by atoms with Gasteiger partial charge in [-0.15, -0.1) is 0 Å². The van der Waals surface area contributed by atoms with Crippen LogP contribution in [0.25, 0.3) is 100 Å². The molecule has 5 nitrogen and oxygen atoms in total. The first-order valence-electron chi connectivity index (χ1n) is 19.0. The molecule has 0 spiro atoms. The van der Waals surface area contributed by atoms with E-state index in [4.69, 9.17) is 14.4 Å². The predicted molar refractivity (Wildman–Crippen MR) is 229 cm³/mol. The molecule has 56 heavy (non-hydrogen) atoms. The van der Waals surface area contributed by atoms with Crippen LogP contribution in [0.3, 0.4) is 0 Å². The van der Waals surface area contributed by atoms with Gasteiger partial charge in [0.05, 0.1) is 22.4 Å². The molecule has 0 saturated heterocycles. The fourth-order valence-corrected chi connectivity index (χ4v) is 8.51. The molecule has 0 atom stereocenters. The molecule has 0 N–H and O–H groups in total. The molecule has 0 saturated carbocycles. The van der Waals surface area contributed by atoms with Gasteiger partial charge in [0.15, 0.2) is 0 Å². The molecule has 5 heterocycles. The summed E-state index contributed by atoms with van der Waals surface area (Å²) in [5, 5.41) is 3.53. The highest BCUT2D eigenvalue weighted by atomic mass is 16.3. The van der Waals surface area contributed by atoms with E-state index in [1.165, 1.54) is 27.5 Å². The molecule has 1 aliphatic rings. The number of nitrogens with zero attached hydrogens (tertiary/aromatic N) is 4. The fraction of sp³-hybridized carbons (Fsp3) is 0.0392. The number of hydrogen-bond donors (Lipinski definition) is 0. The third kappa shape index (κ3) is 5.36. The molecule has 264 valence electrons. The van der Waals surface area contributed by atoms with Crippen molar-refractivity contribution >= 4 is 44.5 Å². The lowest BCUT2D eigenvalue weighted by molar-refractivity contribution is 0.546. The number of hydrogen-bond acceptors (Lipinski definition) is 4. The number of benzene rings is 5. The molecule has 5 aromatic heterocycles. The molecule has 10 aromatic rings. The van der Waals surface area contributed by atoms with Crippen LogP contribution in [0.5, 0.6) is 0 Å². The van der Waals surface area contributed by atoms with E-state index < -0.39 is 0 Å². The second kappa shape index (κ2) is 13.2. The number of rotatable bonds is 6. The Morgan fingerprint density at radius 1 is 0.464 bits per heavy atom. The smallest absolute Gasteiger partial charge is 0.134 e. The Balaban J connectivity index is 1.13. The molecule has 5 aromatic carbocycles. The van der Waals surface area contributed by atoms with Gasteiger partial charge in [-0.1, -0.05) is 84.9 Å². The lowest BCUT2D eigenvalue weighted by Gasteiger charge is -2.17. The van der Waals surface area contributed by atoms with Crippen molar-refractivity contribution in [3.8, 4) is 55.9 Å². The zero-order valence-corrected chi connectivity index (χ0v) is 30.4. The minimum Gasteiger partial charge on any atom is -0.460 e. The van der Waals surface area contributed by atoms with Gasteiger partial charge in [0, 0.05) is 75.3 Å². The van der Waals surface area contributed by atoms with Gasteiger partial charge in [-0.25, -0.2) is 0 Å². The first kappa shape index (κ1) is 32.1. The molecular formula is C51H34N4O. The molecule has 1 aliphatic carbocycles. The van der Waals surface area contributed by atoms with Crippen molar-refractivity contribution < 1.29 is 4.42 Å². The van der Waals surface area contributed by atoms with Crippen LogP contribution in [0, 0.1) is 0 Å². The van der Waals surface area contributed by atoms with E-state index in [0.717, 1.165) is 91.0 Å². The summed E-state index contributed by atoms with van der Waals surface area (Å²) in [4.78, 5) is 13.8. The largest absolute Gasteiger partial charge is 0.460 e. The zero-order valence-electron chi connectivity index (χ0n) is 30.4. The van der Waals surface area contributed by atoms with Gasteiger partial charge in [-0.3, -0.25) is 15.0 Å². The van der Waals surface area contributed by atoms with E-state index in [1.807, 2.05) is 55.1 Å². The summed E-state index contributed by atoms with van der Waals surface area (Å²) < 4.78 is 8.94. The number of aromatic nitrogens is 4. The van der Waals surface area contributed by atoms with Gasteiger partial charge in [0.1, 0.15) is 11.3 Å². The molecule has 0 radical (unpaired) electrons. The van der Waals surface area contributed by atoms with E-state index in [0.29, 0.717) is 0 Å². The number of fused-ring (bicyclic) bond motifs is 6. The van der Waals surface area contributed by atoms with Crippen molar-refractivity contribution in [2.24, 2.45) is 0 Å². The quantitative estimate of drug-likeness (QED) is 0.172. The average molecular weight is 719 g/mol. The predicted octanol–water partition coefficient (Wildman–Crippen LogP) is 13.0. The van der Waals surface area contributed by atoms with Crippen LogP contribution >= 0.6 is 0 Å². The summed E-state index contributed by atoms with van der Waals surface area (Å²) in [5.74, 6) is 1.04. The minimum absolute atomic E-state index is 0.824. The van der Waals surface area contributed by atoms with Gasteiger partial charge in [-0.2, -0.15) is 0 Å². The highest BCUT2D eigenvalue weighted by Gasteiger charge is 2.23. The fourth-order valence-electron chi connectivity index (χ4n) is 8.51. The lowest BCUT2D eigenvalue weighted by Crippen LogP contribution is -2.03. The first-order chi connectivity index (χ1) is 27.8. The van der Waals surface area contributed by atoms with Crippen LogP contribution < -0.4 is 0 Å². The summed E-state index contributed by atoms with van der Waals surface area (Å²) in [7, 11) is 0.